The maximum absolute atomic E-state index is 5.07. The molecule has 1 aromatic heterocycles. The van der Waals surface area contributed by atoms with Gasteiger partial charge in [0.15, 0.2) is 0 Å². The molecular formula is C11H17NO. The lowest BCUT2D eigenvalue weighted by atomic mass is 10.0. The van der Waals surface area contributed by atoms with Gasteiger partial charge in [0.25, 0.3) is 0 Å². The van der Waals surface area contributed by atoms with Gasteiger partial charge in [0.05, 0.1) is 12.5 Å². The maximum atomic E-state index is 5.07. The molecule has 72 valence electrons. The molecule has 1 unspecified atom stereocenters. The Labute approximate surface area is 79.3 Å². The first-order chi connectivity index (χ1) is 6.40. The molecule has 1 fully saturated rings. The van der Waals surface area contributed by atoms with Gasteiger partial charge in [-0.3, -0.25) is 0 Å². The fourth-order valence-corrected chi connectivity index (χ4v) is 1.83. The van der Waals surface area contributed by atoms with E-state index < -0.39 is 0 Å². The molecule has 0 saturated heterocycles. The van der Waals surface area contributed by atoms with Gasteiger partial charge >= 0.3 is 0 Å². The smallest absolute Gasteiger partial charge is 0.0935 e. The van der Waals surface area contributed by atoms with E-state index in [0.29, 0.717) is 6.04 Å². The number of furan rings is 1. The van der Waals surface area contributed by atoms with Crippen molar-refractivity contribution in [2.45, 2.75) is 32.2 Å². The molecule has 2 rings (SSSR count). The summed E-state index contributed by atoms with van der Waals surface area (Å²) in [7, 11) is 0. The molecule has 2 heteroatoms. The second-order valence-electron chi connectivity index (χ2n) is 3.84. The SMILES string of the molecule is CCNC(Cc1ccoc1)C1CC1. The minimum absolute atomic E-state index is 0.669. The van der Waals surface area contributed by atoms with Crippen LogP contribution < -0.4 is 5.32 Å². The van der Waals surface area contributed by atoms with Gasteiger partial charge in [0.1, 0.15) is 0 Å². The van der Waals surface area contributed by atoms with E-state index in [4.69, 9.17) is 4.42 Å². The van der Waals surface area contributed by atoms with Crippen molar-refractivity contribution in [2.75, 3.05) is 6.54 Å². The zero-order valence-corrected chi connectivity index (χ0v) is 8.12. The van der Waals surface area contributed by atoms with Crippen molar-refractivity contribution in [1.82, 2.24) is 5.32 Å². The van der Waals surface area contributed by atoms with Gasteiger partial charge in [-0.05, 0) is 43.4 Å². The fourth-order valence-electron chi connectivity index (χ4n) is 1.83. The zero-order valence-electron chi connectivity index (χ0n) is 8.12. The second-order valence-corrected chi connectivity index (χ2v) is 3.84. The van der Waals surface area contributed by atoms with Crippen LogP contribution in [0.2, 0.25) is 0 Å². The highest BCUT2D eigenvalue weighted by atomic mass is 16.3. The van der Waals surface area contributed by atoms with Crippen LogP contribution in [-0.2, 0) is 6.42 Å². The summed E-state index contributed by atoms with van der Waals surface area (Å²) in [4.78, 5) is 0. The Bertz CT molecular complexity index is 239. The summed E-state index contributed by atoms with van der Waals surface area (Å²) >= 11 is 0. The van der Waals surface area contributed by atoms with E-state index in [1.807, 2.05) is 6.26 Å². The van der Waals surface area contributed by atoms with E-state index in [1.54, 1.807) is 6.26 Å². The first kappa shape index (κ1) is 8.82. The minimum Gasteiger partial charge on any atom is -0.472 e. The van der Waals surface area contributed by atoms with Crippen LogP contribution in [0.1, 0.15) is 25.3 Å². The average Bonchev–Trinajstić information content (AvgIpc) is 2.85. The number of nitrogens with one attached hydrogen (secondary N) is 1. The third kappa shape index (κ3) is 2.34. The monoisotopic (exact) mass is 179 g/mol. The summed E-state index contributed by atoms with van der Waals surface area (Å²) in [6, 6.07) is 2.73. The number of rotatable bonds is 5. The molecule has 0 aliphatic heterocycles. The lowest BCUT2D eigenvalue weighted by Crippen LogP contribution is -2.32. The molecule has 0 spiro atoms. The molecular weight excluding hydrogens is 162 g/mol. The summed E-state index contributed by atoms with van der Waals surface area (Å²) < 4.78 is 5.07. The standard InChI is InChI=1S/C11H17NO/c1-2-12-11(10-3-4-10)7-9-5-6-13-8-9/h5-6,8,10-12H,2-4,7H2,1H3. The molecule has 1 N–H and O–H groups in total. The highest BCUT2D eigenvalue weighted by molar-refractivity contribution is 5.09. The van der Waals surface area contributed by atoms with Crippen molar-refractivity contribution in [1.29, 1.82) is 0 Å². The van der Waals surface area contributed by atoms with Crippen LogP contribution in [0.3, 0.4) is 0 Å². The first-order valence-corrected chi connectivity index (χ1v) is 5.14. The van der Waals surface area contributed by atoms with Crippen molar-refractivity contribution in [3.63, 3.8) is 0 Å². The quantitative estimate of drug-likeness (QED) is 0.749. The van der Waals surface area contributed by atoms with Crippen LogP contribution in [0, 0.1) is 5.92 Å². The highest BCUT2D eigenvalue weighted by Gasteiger charge is 2.30. The molecule has 1 atom stereocenters. The van der Waals surface area contributed by atoms with Crippen molar-refractivity contribution in [2.24, 2.45) is 5.92 Å². The summed E-state index contributed by atoms with van der Waals surface area (Å²) in [6.07, 6.45) is 7.53. The van der Waals surface area contributed by atoms with Gasteiger partial charge in [-0.25, -0.2) is 0 Å². The highest BCUT2D eigenvalue weighted by Crippen LogP contribution is 2.34. The molecule has 0 radical (unpaired) electrons. The number of likely N-dealkylation sites (N-methyl/N-ethyl adjacent to an activating group) is 1. The zero-order chi connectivity index (χ0) is 9.10. The maximum Gasteiger partial charge on any atom is 0.0935 e. The number of hydrogen-bond acceptors (Lipinski definition) is 2. The predicted octanol–water partition coefficient (Wildman–Crippen LogP) is 2.21. The van der Waals surface area contributed by atoms with Crippen LogP contribution in [0.15, 0.2) is 23.0 Å². The molecule has 1 aliphatic rings. The van der Waals surface area contributed by atoms with Crippen LogP contribution >= 0.6 is 0 Å². The Kier molecular flexibility index (Phi) is 2.69. The molecule has 2 nitrogen and oxygen atoms in total. The molecule has 1 saturated carbocycles. The lowest BCUT2D eigenvalue weighted by molar-refractivity contribution is 0.469. The number of hydrogen-bond donors (Lipinski definition) is 1. The first-order valence-electron chi connectivity index (χ1n) is 5.14. The van der Waals surface area contributed by atoms with Gasteiger partial charge in [0.2, 0.25) is 0 Å². The molecule has 0 aromatic carbocycles. The molecule has 0 amide bonds. The van der Waals surface area contributed by atoms with Crippen LogP contribution in [0.4, 0.5) is 0 Å². The lowest BCUT2D eigenvalue weighted by Gasteiger charge is -2.15. The molecule has 1 heterocycles. The van der Waals surface area contributed by atoms with Crippen LogP contribution in [0.5, 0.6) is 0 Å². The van der Waals surface area contributed by atoms with Gasteiger partial charge in [-0.2, -0.15) is 0 Å². The van der Waals surface area contributed by atoms with Crippen molar-refractivity contribution >= 4 is 0 Å². The largest absolute Gasteiger partial charge is 0.472 e. The molecule has 1 aromatic rings. The van der Waals surface area contributed by atoms with Crippen molar-refractivity contribution in [3.05, 3.63) is 24.2 Å². The van der Waals surface area contributed by atoms with Crippen molar-refractivity contribution in [3.8, 4) is 0 Å². The summed E-state index contributed by atoms with van der Waals surface area (Å²) in [5.41, 5.74) is 1.32. The Morgan fingerprint density at radius 2 is 2.46 bits per heavy atom. The van der Waals surface area contributed by atoms with Gasteiger partial charge < -0.3 is 9.73 Å². The summed E-state index contributed by atoms with van der Waals surface area (Å²) in [5.74, 6) is 0.912. The molecule has 0 bridgehead atoms. The van der Waals surface area contributed by atoms with E-state index >= 15 is 0 Å². The van der Waals surface area contributed by atoms with E-state index in [-0.39, 0.29) is 0 Å². The van der Waals surface area contributed by atoms with Crippen LogP contribution in [0.25, 0.3) is 0 Å². The van der Waals surface area contributed by atoms with E-state index in [1.165, 1.54) is 18.4 Å². The van der Waals surface area contributed by atoms with E-state index in [9.17, 15) is 0 Å². The second kappa shape index (κ2) is 3.97. The Morgan fingerprint density at radius 1 is 1.62 bits per heavy atom. The fraction of sp³-hybridized carbons (Fsp3) is 0.636. The topological polar surface area (TPSA) is 25.2 Å². The molecule has 13 heavy (non-hydrogen) atoms. The van der Waals surface area contributed by atoms with E-state index in [2.05, 4.69) is 18.3 Å². The Balaban J connectivity index is 1.89. The van der Waals surface area contributed by atoms with E-state index in [0.717, 1.165) is 18.9 Å². The van der Waals surface area contributed by atoms with Gasteiger partial charge in [0, 0.05) is 6.04 Å². The van der Waals surface area contributed by atoms with Crippen molar-refractivity contribution < 1.29 is 4.42 Å². The summed E-state index contributed by atoms with van der Waals surface area (Å²) in [6.45, 7) is 3.24. The van der Waals surface area contributed by atoms with Gasteiger partial charge in [-0.15, -0.1) is 0 Å². The normalized spacial score (nSPS) is 18.8. The Morgan fingerprint density at radius 3 is 3.00 bits per heavy atom. The van der Waals surface area contributed by atoms with Crippen LogP contribution in [-0.4, -0.2) is 12.6 Å². The third-order valence-corrected chi connectivity index (χ3v) is 2.69. The average molecular weight is 179 g/mol. The van der Waals surface area contributed by atoms with Gasteiger partial charge in [-0.1, -0.05) is 6.92 Å². The molecule has 1 aliphatic carbocycles. The summed E-state index contributed by atoms with van der Waals surface area (Å²) in [5, 5.41) is 3.54. The third-order valence-electron chi connectivity index (χ3n) is 2.69. The minimum atomic E-state index is 0.669. The predicted molar refractivity (Wildman–Crippen MR) is 52.6 cm³/mol. The Hall–Kier alpha value is -0.760.